The SMILES string of the molecule is CN=C(NCCCN1CCCCC1C)NCCC(F)(F)F.I. The Morgan fingerprint density at radius 2 is 1.91 bits per heavy atom. The molecule has 1 unspecified atom stereocenters. The molecule has 132 valence electrons. The molecule has 1 heterocycles. The summed E-state index contributed by atoms with van der Waals surface area (Å²) in [4.78, 5) is 6.40. The van der Waals surface area contributed by atoms with E-state index in [9.17, 15) is 13.2 Å². The smallest absolute Gasteiger partial charge is 0.356 e. The van der Waals surface area contributed by atoms with Crippen LogP contribution in [-0.4, -0.2) is 56.3 Å². The second-order valence-corrected chi connectivity index (χ2v) is 5.53. The molecule has 1 aliphatic rings. The van der Waals surface area contributed by atoms with Crippen molar-refractivity contribution < 1.29 is 13.2 Å². The van der Waals surface area contributed by atoms with E-state index in [1.54, 1.807) is 7.05 Å². The van der Waals surface area contributed by atoms with Crippen LogP contribution >= 0.6 is 24.0 Å². The molecule has 0 bridgehead atoms. The van der Waals surface area contributed by atoms with Gasteiger partial charge in [-0.1, -0.05) is 6.42 Å². The fourth-order valence-electron chi connectivity index (χ4n) is 2.52. The molecule has 0 aromatic heterocycles. The maximum atomic E-state index is 12.1. The summed E-state index contributed by atoms with van der Waals surface area (Å²) in [7, 11) is 1.57. The highest BCUT2D eigenvalue weighted by atomic mass is 127. The summed E-state index contributed by atoms with van der Waals surface area (Å²) in [5, 5.41) is 5.73. The number of piperidine rings is 1. The molecule has 2 N–H and O–H groups in total. The number of hydrogen-bond acceptors (Lipinski definition) is 2. The first-order valence-electron chi connectivity index (χ1n) is 7.67. The highest BCUT2D eigenvalue weighted by molar-refractivity contribution is 14.0. The summed E-state index contributed by atoms with van der Waals surface area (Å²) in [5.74, 6) is 0.436. The lowest BCUT2D eigenvalue weighted by Crippen LogP contribution is -2.42. The number of aliphatic imine (C=N–C) groups is 1. The third-order valence-corrected chi connectivity index (χ3v) is 3.78. The topological polar surface area (TPSA) is 39.7 Å². The molecule has 0 spiro atoms. The zero-order chi connectivity index (χ0) is 15.7. The summed E-state index contributed by atoms with van der Waals surface area (Å²) < 4.78 is 36.2. The quantitative estimate of drug-likeness (QED) is 0.291. The van der Waals surface area contributed by atoms with Gasteiger partial charge in [-0.15, -0.1) is 24.0 Å². The van der Waals surface area contributed by atoms with Crippen LogP contribution in [0.3, 0.4) is 0 Å². The average Bonchev–Trinajstić information content (AvgIpc) is 2.42. The predicted octanol–water partition coefficient (Wildman–Crippen LogP) is 2.99. The molecule has 1 saturated heterocycles. The van der Waals surface area contributed by atoms with E-state index in [1.807, 2.05) is 0 Å². The van der Waals surface area contributed by atoms with Gasteiger partial charge in [-0.25, -0.2) is 0 Å². The standard InChI is InChI=1S/C14H27F3N4.HI/c1-12-6-3-4-10-21(12)11-5-8-19-13(18-2)20-9-7-14(15,16)17;/h12H,3-11H2,1-2H3,(H2,18,19,20);1H. The lowest BCUT2D eigenvalue weighted by molar-refractivity contribution is -0.132. The van der Waals surface area contributed by atoms with Gasteiger partial charge in [-0.3, -0.25) is 4.99 Å². The van der Waals surface area contributed by atoms with Gasteiger partial charge in [-0.05, 0) is 32.7 Å². The first-order chi connectivity index (χ1) is 9.92. The number of alkyl halides is 3. The van der Waals surface area contributed by atoms with Crippen molar-refractivity contribution in [3.05, 3.63) is 0 Å². The molecular weight excluding hydrogens is 408 g/mol. The molecule has 1 rings (SSSR count). The molecule has 4 nitrogen and oxygen atoms in total. The Balaban J connectivity index is 0.00000441. The van der Waals surface area contributed by atoms with Crippen LogP contribution in [0, 0.1) is 0 Å². The maximum absolute atomic E-state index is 12.1. The minimum atomic E-state index is -4.13. The summed E-state index contributed by atoms with van der Waals surface area (Å²) >= 11 is 0. The Hall–Kier alpha value is -0.250. The second kappa shape index (κ2) is 11.3. The lowest BCUT2D eigenvalue weighted by Gasteiger charge is -2.33. The average molecular weight is 436 g/mol. The van der Waals surface area contributed by atoms with E-state index in [0.717, 1.165) is 26.1 Å². The number of halogens is 4. The van der Waals surface area contributed by atoms with Gasteiger partial charge in [0.25, 0.3) is 0 Å². The van der Waals surface area contributed by atoms with Crippen LogP contribution < -0.4 is 10.6 Å². The van der Waals surface area contributed by atoms with Crippen LogP contribution in [0.5, 0.6) is 0 Å². The summed E-state index contributed by atoms with van der Waals surface area (Å²) in [5.41, 5.74) is 0. The molecule has 22 heavy (non-hydrogen) atoms. The summed E-state index contributed by atoms with van der Waals surface area (Å²) in [6, 6.07) is 0.642. The van der Waals surface area contributed by atoms with E-state index in [1.165, 1.54) is 19.3 Å². The van der Waals surface area contributed by atoms with Gasteiger partial charge in [0.05, 0.1) is 6.42 Å². The van der Waals surface area contributed by atoms with Crippen LogP contribution in [0.15, 0.2) is 4.99 Å². The number of nitrogens with zero attached hydrogens (tertiary/aromatic N) is 2. The Morgan fingerprint density at radius 1 is 1.23 bits per heavy atom. The third kappa shape index (κ3) is 9.70. The molecule has 0 saturated carbocycles. The number of guanidine groups is 1. The minimum Gasteiger partial charge on any atom is -0.356 e. The van der Waals surface area contributed by atoms with Crippen molar-refractivity contribution in [2.75, 3.05) is 33.2 Å². The fourth-order valence-corrected chi connectivity index (χ4v) is 2.52. The van der Waals surface area contributed by atoms with Gasteiger partial charge in [-0.2, -0.15) is 13.2 Å². The van der Waals surface area contributed by atoms with Gasteiger partial charge >= 0.3 is 6.18 Å². The van der Waals surface area contributed by atoms with Crippen LogP contribution in [0.25, 0.3) is 0 Å². The first kappa shape index (κ1) is 21.8. The fraction of sp³-hybridized carbons (Fsp3) is 0.929. The molecule has 0 aromatic rings. The van der Waals surface area contributed by atoms with E-state index >= 15 is 0 Å². The van der Waals surface area contributed by atoms with E-state index < -0.39 is 12.6 Å². The summed E-state index contributed by atoms with van der Waals surface area (Å²) in [6.45, 7) is 5.00. The van der Waals surface area contributed by atoms with Crippen molar-refractivity contribution in [2.24, 2.45) is 4.99 Å². The predicted molar refractivity (Wildman–Crippen MR) is 95.0 cm³/mol. The van der Waals surface area contributed by atoms with Gasteiger partial charge in [0.15, 0.2) is 5.96 Å². The maximum Gasteiger partial charge on any atom is 0.390 e. The van der Waals surface area contributed by atoms with Crippen molar-refractivity contribution >= 4 is 29.9 Å². The van der Waals surface area contributed by atoms with Gasteiger partial charge in [0.1, 0.15) is 0 Å². The van der Waals surface area contributed by atoms with Gasteiger partial charge in [0, 0.05) is 32.7 Å². The molecule has 0 aliphatic carbocycles. The Morgan fingerprint density at radius 3 is 2.50 bits per heavy atom. The van der Waals surface area contributed by atoms with Crippen LogP contribution in [0.1, 0.15) is 39.0 Å². The van der Waals surface area contributed by atoms with Gasteiger partial charge in [0.2, 0.25) is 0 Å². The van der Waals surface area contributed by atoms with E-state index in [4.69, 9.17) is 0 Å². The highest BCUT2D eigenvalue weighted by Gasteiger charge is 2.26. The van der Waals surface area contributed by atoms with Crippen molar-refractivity contribution in [3.63, 3.8) is 0 Å². The van der Waals surface area contributed by atoms with Crippen molar-refractivity contribution in [3.8, 4) is 0 Å². The third-order valence-electron chi connectivity index (χ3n) is 3.78. The molecule has 8 heteroatoms. The van der Waals surface area contributed by atoms with Crippen molar-refractivity contribution in [1.82, 2.24) is 15.5 Å². The van der Waals surface area contributed by atoms with Crippen LogP contribution in [0.2, 0.25) is 0 Å². The molecule has 0 aromatic carbocycles. The molecule has 1 aliphatic heterocycles. The largest absolute Gasteiger partial charge is 0.390 e. The Bertz CT molecular complexity index is 324. The van der Waals surface area contributed by atoms with Crippen molar-refractivity contribution in [1.29, 1.82) is 0 Å². The van der Waals surface area contributed by atoms with E-state index in [-0.39, 0.29) is 30.5 Å². The molecule has 1 atom stereocenters. The van der Waals surface area contributed by atoms with Crippen LogP contribution in [0.4, 0.5) is 13.2 Å². The molecular formula is C14H28F3IN4. The van der Waals surface area contributed by atoms with E-state index in [0.29, 0.717) is 12.0 Å². The van der Waals surface area contributed by atoms with E-state index in [2.05, 4.69) is 27.4 Å². The zero-order valence-electron chi connectivity index (χ0n) is 13.4. The monoisotopic (exact) mass is 436 g/mol. The highest BCUT2D eigenvalue weighted by Crippen LogP contribution is 2.18. The Labute approximate surface area is 148 Å². The normalized spacial score (nSPS) is 20.4. The van der Waals surface area contributed by atoms with Crippen molar-refractivity contribution in [2.45, 2.75) is 51.2 Å². The second-order valence-electron chi connectivity index (χ2n) is 5.53. The number of nitrogens with one attached hydrogen (secondary N) is 2. The lowest BCUT2D eigenvalue weighted by atomic mass is 10.0. The summed E-state index contributed by atoms with van der Waals surface area (Å²) in [6.07, 6.45) is -0.183. The Kier molecular flexibility index (Phi) is 11.2. The zero-order valence-corrected chi connectivity index (χ0v) is 15.7. The first-order valence-corrected chi connectivity index (χ1v) is 7.67. The number of likely N-dealkylation sites (tertiary alicyclic amines) is 1. The molecule has 0 radical (unpaired) electrons. The van der Waals surface area contributed by atoms with Gasteiger partial charge < -0.3 is 15.5 Å². The molecule has 0 amide bonds. The number of hydrogen-bond donors (Lipinski definition) is 2. The minimum absolute atomic E-state index is 0. The number of rotatable bonds is 6. The van der Waals surface area contributed by atoms with Crippen LogP contribution in [-0.2, 0) is 0 Å². The molecule has 1 fully saturated rings.